The average Bonchev–Trinajstić information content (AvgIpc) is 2.76. The third-order valence-electron chi connectivity index (χ3n) is 2.48. The first kappa shape index (κ1) is 13.7. The number of hydrogen-bond donors (Lipinski definition) is 1. The molecule has 0 saturated carbocycles. The van der Waals surface area contributed by atoms with E-state index in [1.54, 1.807) is 6.07 Å². The van der Waals surface area contributed by atoms with Crippen LogP contribution in [0, 0.1) is 0 Å². The van der Waals surface area contributed by atoms with Gasteiger partial charge in [0.05, 0.1) is 18.7 Å². The highest BCUT2D eigenvalue weighted by Gasteiger charge is 2.11. The Bertz CT molecular complexity index is 348. The van der Waals surface area contributed by atoms with Gasteiger partial charge in [-0.15, -0.1) is 0 Å². The molecule has 0 bridgehead atoms. The molecule has 0 aliphatic heterocycles. The van der Waals surface area contributed by atoms with Gasteiger partial charge in [-0.2, -0.15) is 0 Å². The third-order valence-corrected chi connectivity index (χ3v) is 2.48. The van der Waals surface area contributed by atoms with E-state index in [0.29, 0.717) is 25.5 Å². The summed E-state index contributed by atoms with van der Waals surface area (Å²) in [5, 5.41) is 8.77. The summed E-state index contributed by atoms with van der Waals surface area (Å²) in [7, 11) is 0. The van der Waals surface area contributed by atoms with Crippen molar-refractivity contribution < 1.29 is 19.1 Å². The lowest BCUT2D eigenvalue weighted by atomic mass is 10.3. The minimum atomic E-state index is -0.961. The maximum Gasteiger partial charge on any atom is 0.338 e. The highest BCUT2D eigenvalue weighted by atomic mass is 16.5. The van der Waals surface area contributed by atoms with Gasteiger partial charge in [0.1, 0.15) is 12.0 Å². The van der Waals surface area contributed by atoms with Crippen molar-refractivity contribution in [3.05, 3.63) is 23.7 Å². The molecule has 0 amide bonds. The second-order valence-corrected chi connectivity index (χ2v) is 3.67. The lowest BCUT2D eigenvalue weighted by Crippen LogP contribution is -2.26. The molecule has 0 aromatic carbocycles. The molecule has 0 aliphatic rings. The van der Waals surface area contributed by atoms with Crippen LogP contribution in [-0.2, 0) is 11.3 Å². The molecule has 1 N–H and O–H groups in total. The van der Waals surface area contributed by atoms with Crippen LogP contribution in [0.5, 0.6) is 0 Å². The summed E-state index contributed by atoms with van der Waals surface area (Å²) in [6, 6.07) is 1.56. The van der Waals surface area contributed by atoms with Crippen LogP contribution < -0.4 is 0 Å². The number of likely N-dealkylation sites (N-methyl/N-ethyl adjacent to an activating group) is 1. The highest BCUT2D eigenvalue weighted by molar-refractivity contribution is 5.87. The Hall–Kier alpha value is -1.33. The second kappa shape index (κ2) is 7.09. The van der Waals surface area contributed by atoms with Gasteiger partial charge >= 0.3 is 5.97 Å². The van der Waals surface area contributed by atoms with Crippen LogP contribution in [-0.4, -0.2) is 42.3 Å². The zero-order valence-corrected chi connectivity index (χ0v) is 10.3. The number of carbonyl (C=O) groups is 1. The van der Waals surface area contributed by atoms with Crippen LogP contribution in [0.25, 0.3) is 0 Å². The normalized spacial score (nSPS) is 11.0. The number of nitrogens with zero attached hydrogens (tertiary/aromatic N) is 1. The van der Waals surface area contributed by atoms with Crippen molar-refractivity contribution in [1.82, 2.24) is 4.90 Å². The first-order valence-electron chi connectivity index (χ1n) is 5.78. The molecule has 1 aromatic heterocycles. The number of carboxylic acids is 1. The number of rotatable bonds is 8. The maximum atomic E-state index is 10.7. The minimum absolute atomic E-state index is 0.195. The van der Waals surface area contributed by atoms with Crippen LogP contribution >= 0.6 is 0 Å². The molecule has 5 nitrogen and oxygen atoms in total. The Balaban J connectivity index is 2.46. The standard InChI is InChI=1S/C12H19NO4/c1-3-13(5-6-16-4-2)8-11-7-10(9-17-11)12(14)15/h7,9H,3-6,8H2,1-2H3,(H,14,15). The fraction of sp³-hybridized carbons (Fsp3) is 0.583. The van der Waals surface area contributed by atoms with Gasteiger partial charge in [-0.25, -0.2) is 4.79 Å². The highest BCUT2D eigenvalue weighted by Crippen LogP contribution is 2.10. The number of hydrogen-bond acceptors (Lipinski definition) is 4. The van der Waals surface area contributed by atoms with Crippen molar-refractivity contribution in [3.8, 4) is 0 Å². The molecule has 17 heavy (non-hydrogen) atoms. The smallest absolute Gasteiger partial charge is 0.338 e. The largest absolute Gasteiger partial charge is 0.478 e. The number of aromatic carboxylic acids is 1. The van der Waals surface area contributed by atoms with Gasteiger partial charge in [0, 0.05) is 13.2 Å². The molecule has 0 radical (unpaired) electrons. The quantitative estimate of drug-likeness (QED) is 0.703. The van der Waals surface area contributed by atoms with E-state index in [9.17, 15) is 4.79 Å². The predicted molar refractivity (Wildman–Crippen MR) is 63.1 cm³/mol. The van der Waals surface area contributed by atoms with E-state index in [2.05, 4.69) is 4.90 Å². The van der Waals surface area contributed by atoms with Gasteiger partial charge in [-0.05, 0) is 19.5 Å². The van der Waals surface area contributed by atoms with E-state index in [4.69, 9.17) is 14.3 Å². The minimum Gasteiger partial charge on any atom is -0.478 e. The molecule has 0 unspecified atom stereocenters. The molecule has 0 spiro atoms. The van der Waals surface area contributed by atoms with Crippen LogP contribution in [0.3, 0.4) is 0 Å². The van der Waals surface area contributed by atoms with Gasteiger partial charge in [-0.3, -0.25) is 4.90 Å². The van der Waals surface area contributed by atoms with Crippen molar-refractivity contribution in [2.45, 2.75) is 20.4 Å². The first-order valence-corrected chi connectivity index (χ1v) is 5.78. The van der Waals surface area contributed by atoms with Crippen molar-refractivity contribution in [2.24, 2.45) is 0 Å². The predicted octanol–water partition coefficient (Wildman–Crippen LogP) is 1.84. The van der Waals surface area contributed by atoms with E-state index in [-0.39, 0.29) is 5.56 Å². The van der Waals surface area contributed by atoms with Crippen LogP contribution in [0.1, 0.15) is 30.0 Å². The second-order valence-electron chi connectivity index (χ2n) is 3.67. The molecule has 96 valence electrons. The maximum absolute atomic E-state index is 10.7. The van der Waals surface area contributed by atoms with Gasteiger partial charge < -0.3 is 14.3 Å². The monoisotopic (exact) mass is 241 g/mol. The molecule has 0 aliphatic carbocycles. The van der Waals surface area contributed by atoms with E-state index in [0.717, 1.165) is 13.1 Å². The van der Waals surface area contributed by atoms with Crippen molar-refractivity contribution in [2.75, 3.05) is 26.3 Å². The molecule has 0 fully saturated rings. The summed E-state index contributed by atoms with van der Waals surface area (Å²) in [4.78, 5) is 12.8. The Kier molecular flexibility index (Phi) is 5.72. The lowest BCUT2D eigenvalue weighted by molar-refractivity contribution is 0.0696. The molecular weight excluding hydrogens is 222 g/mol. The van der Waals surface area contributed by atoms with Gasteiger partial charge in [-0.1, -0.05) is 6.92 Å². The van der Waals surface area contributed by atoms with Crippen molar-refractivity contribution in [1.29, 1.82) is 0 Å². The number of carboxylic acid groups (broad SMARTS) is 1. The Labute approximate surface area is 101 Å². The van der Waals surface area contributed by atoms with Gasteiger partial charge in [0.25, 0.3) is 0 Å². The summed E-state index contributed by atoms with van der Waals surface area (Å²) >= 11 is 0. The molecule has 5 heteroatoms. The first-order chi connectivity index (χ1) is 8.17. The SMILES string of the molecule is CCOCCN(CC)Cc1cc(C(=O)O)co1. The molecular formula is C12H19NO4. The number of furan rings is 1. The molecule has 0 atom stereocenters. The molecule has 1 heterocycles. The fourth-order valence-corrected chi connectivity index (χ4v) is 1.48. The van der Waals surface area contributed by atoms with E-state index < -0.39 is 5.97 Å². The van der Waals surface area contributed by atoms with E-state index in [1.807, 2.05) is 13.8 Å². The van der Waals surface area contributed by atoms with Crippen LogP contribution in [0.2, 0.25) is 0 Å². The van der Waals surface area contributed by atoms with Crippen molar-refractivity contribution in [3.63, 3.8) is 0 Å². The average molecular weight is 241 g/mol. The third kappa shape index (κ3) is 4.58. The zero-order chi connectivity index (χ0) is 12.7. The van der Waals surface area contributed by atoms with Crippen LogP contribution in [0.15, 0.2) is 16.7 Å². The summed E-state index contributed by atoms with van der Waals surface area (Å²) in [6.07, 6.45) is 1.27. The topological polar surface area (TPSA) is 62.9 Å². The Morgan fingerprint density at radius 1 is 1.53 bits per heavy atom. The Morgan fingerprint density at radius 2 is 2.29 bits per heavy atom. The Morgan fingerprint density at radius 3 is 2.82 bits per heavy atom. The lowest BCUT2D eigenvalue weighted by Gasteiger charge is -2.18. The van der Waals surface area contributed by atoms with Crippen molar-refractivity contribution >= 4 is 5.97 Å². The fourth-order valence-electron chi connectivity index (χ4n) is 1.48. The van der Waals surface area contributed by atoms with E-state index >= 15 is 0 Å². The molecule has 1 aromatic rings. The van der Waals surface area contributed by atoms with Gasteiger partial charge in [0.2, 0.25) is 0 Å². The zero-order valence-electron chi connectivity index (χ0n) is 10.3. The van der Waals surface area contributed by atoms with Gasteiger partial charge in [0.15, 0.2) is 0 Å². The summed E-state index contributed by atoms with van der Waals surface area (Å²) in [5.74, 6) is -0.293. The van der Waals surface area contributed by atoms with E-state index in [1.165, 1.54) is 6.26 Å². The summed E-state index contributed by atoms with van der Waals surface area (Å²) in [5.41, 5.74) is 0.195. The molecule has 0 saturated heterocycles. The summed E-state index contributed by atoms with van der Waals surface area (Å²) < 4.78 is 10.5. The number of ether oxygens (including phenoxy) is 1. The summed E-state index contributed by atoms with van der Waals surface area (Å²) in [6.45, 7) is 7.69. The molecule has 1 rings (SSSR count). The van der Waals surface area contributed by atoms with Crippen LogP contribution in [0.4, 0.5) is 0 Å².